The third kappa shape index (κ3) is 4.44. The number of anilines is 1. The van der Waals surface area contributed by atoms with E-state index in [0.717, 1.165) is 41.1 Å². The molecule has 0 radical (unpaired) electrons. The second-order valence-corrected chi connectivity index (χ2v) is 8.09. The lowest BCUT2D eigenvalue weighted by molar-refractivity contribution is -0.116. The second kappa shape index (κ2) is 8.37. The monoisotopic (exact) mass is 368 g/mol. The van der Waals surface area contributed by atoms with Crippen LogP contribution in [0.4, 0.5) is 5.00 Å². The normalized spacial score (nSPS) is 15.8. The first-order valence-electron chi connectivity index (χ1n) is 9.10. The van der Waals surface area contributed by atoms with Gasteiger partial charge in [0.2, 0.25) is 5.91 Å². The van der Waals surface area contributed by atoms with Gasteiger partial charge in [0.25, 0.3) is 0 Å². The lowest BCUT2D eigenvalue weighted by Gasteiger charge is -2.17. The molecule has 1 aromatic carbocycles. The van der Waals surface area contributed by atoms with Crippen molar-refractivity contribution in [2.45, 2.75) is 46.0 Å². The zero-order valence-electron chi connectivity index (χ0n) is 15.3. The first-order chi connectivity index (χ1) is 12.6. The molecule has 5 heteroatoms. The number of benzene rings is 1. The van der Waals surface area contributed by atoms with Crippen LogP contribution in [0.15, 0.2) is 24.3 Å². The molecule has 0 saturated carbocycles. The molecule has 136 valence electrons. The minimum absolute atomic E-state index is 0.0546. The molecule has 1 aliphatic rings. The summed E-state index contributed by atoms with van der Waals surface area (Å²) in [6.07, 6.45) is 4.09. The lowest BCUT2D eigenvalue weighted by Crippen LogP contribution is -2.13. The van der Waals surface area contributed by atoms with Crippen LogP contribution in [0, 0.1) is 24.2 Å². The molecule has 4 nitrogen and oxygen atoms in total. The molecule has 0 fully saturated rings. The summed E-state index contributed by atoms with van der Waals surface area (Å²) in [4.78, 5) is 13.5. The number of ether oxygens (including phenoxy) is 1. The molecule has 1 aromatic heterocycles. The maximum absolute atomic E-state index is 12.3. The number of hydrogen-bond acceptors (Lipinski definition) is 4. The Morgan fingerprint density at radius 1 is 1.46 bits per heavy atom. The number of thiophene rings is 1. The average molecular weight is 369 g/mol. The quantitative estimate of drug-likeness (QED) is 0.741. The van der Waals surface area contributed by atoms with Gasteiger partial charge in [0.15, 0.2) is 0 Å². The highest BCUT2D eigenvalue weighted by atomic mass is 32.1. The van der Waals surface area contributed by atoms with Crippen molar-refractivity contribution < 1.29 is 9.53 Å². The molecule has 1 N–H and O–H groups in total. The van der Waals surface area contributed by atoms with E-state index in [9.17, 15) is 10.1 Å². The largest absolute Gasteiger partial charge is 0.494 e. The van der Waals surface area contributed by atoms with Gasteiger partial charge in [0.1, 0.15) is 16.8 Å². The average Bonchev–Trinajstić information content (AvgIpc) is 2.94. The van der Waals surface area contributed by atoms with Crippen LogP contribution >= 0.6 is 11.3 Å². The maximum Gasteiger partial charge on any atom is 0.225 e. The van der Waals surface area contributed by atoms with Crippen LogP contribution in [0.1, 0.15) is 47.8 Å². The van der Waals surface area contributed by atoms with Gasteiger partial charge in [0.05, 0.1) is 12.2 Å². The zero-order valence-corrected chi connectivity index (χ0v) is 16.1. The fourth-order valence-electron chi connectivity index (χ4n) is 3.27. The Bertz CT molecular complexity index is 835. The summed E-state index contributed by atoms with van der Waals surface area (Å²) < 4.78 is 5.68. The van der Waals surface area contributed by atoms with Crippen molar-refractivity contribution in [2.75, 3.05) is 11.9 Å². The van der Waals surface area contributed by atoms with Crippen molar-refractivity contribution >= 4 is 22.2 Å². The van der Waals surface area contributed by atoms with Crippen LogP contribution in [-0.4, -0.2) is 12.5 Å². The van der Waals surface area contributed by atoms with E-state index < -0.39 is 0 Å². The molecular formula is C21H24N2O2S. The number of nitriles is 1. The Kier molecular flexibility index (Phi) is 5.95. The topological polar surface area (TPSA) is 62.1 Å². The summed E-state index contributed by atoms with van der Waals surface area (Å²) in [7, 11) is 0. The Labute approximate surface area is 158 Å². The molecule has 1 amide bonds. The number of amides is 1. The number of rotatable bonds is 6. The predicted octanol–water partition coefficient (Wildman–Crippen LogP) is 4.85. The SMILES string of the molecule is Cc1cccc(OCCCC(=O)Nc2sc3c(c2C#N)CC[C@@H](C)C3)c1. The van der Waals surface area contributed by atoms with Gasteiger partial charge in [-0.1, -0.05) is 19.1 Å². The van der Waals surface area contributed by atoms with Crippen molar-refractivity contribution in [1.29, 1.82) is 5.26 Å². The molecule has 26 heavy (non-hydrogen) atoms. The van der Waals surface area contributed by atoms with Crippen molar-refractivity contribution in [1.82, 2.24) is 0 Å². The van der Waals surface area contributed by atoms with Crippen LogP contribution in [0.25, 0.3) is 0 Å². The molecule has 0 unspecified atom stereocenters. The summed E-state index contributed by atoms with van der Waals surface area (Å²) in [5.74, 6) is 1.42. The maximum atomic E-state index is 12.3. The van der Waals surface area contributed by atoms with E-state index in [4.69, 9.17) is 4.74 Å². The highest BCUT2D eigenvalue weighted by Gasteiger charge is 2.24. The summed E-state index contributed by atoms with van der Waals surface area (Å²) in [5, 5.41) is 13.2. The van der Waals surface area contributed by atoms with Crippen LogP contribution in [-0.2, 0) is 17.6 Å². The summed E-state index contributed by atoms with van der Waals surface area (Å²) in [6, 6.07) is 10.2. The van der Waals surface area contributed by atoms with Gasteiger partial charge in [-0.3, -0.25) is 4.79 Å². The van der Waals surface area contributed by atoms with Crippen LogP contribution in [0.3, 0.4) is 0 Å². The van der Waals surface area contributed by atoms with Gasteiger partial charge in [-0.05, 0) is 61.8 Å². The van der Waals surface area contributed by atoms with E-state index in [1.165, 1.54) is 4.88 Å². The summed E-state index contributed by atoms with van der Waals surface area (Å²) in [6.45, 7) is 4.76. The third-order valence-corrected chi connectivity index (χ3v) is 5.85. The van der Waals surface area contributed by atoms with Crippen LogP contribution in [0.5, 0.6) is 5.75 Å². The number of carbonyl (C=O) groups is 1. The van der Waals surface area contributed by atoms with Crippen LogP contribution < -0.4 is 10.1 Å². The van der Waals surface area contributed by atoms with E-state index in [-0.39, 0.29) is 5.91 Å². The lowest BCUT2D eigenvalue weighted by atomic mass is 9.89. The number of nitrogens with one attached hydrogen (secondary N) is 1. The Hall–Kier alpha value is -2.32. The highest BCUT2D eigenvalue weighted by Crippen LogP contribution is 2.39. The number of carbonyl (C=O) groups excluding carboxylic acids is 1. The zero-order chi connectivity index (χ0) is 18.5. The Balaban J connectivity index is 1.51. The van der Waals surface area contributed by atoms with Gasteiger partial charge in [-0.25, -0.2) is 0 Å². The molecular weight excluding hydrogens is 344 g/mol. The minimum Gasteiger partial charge on any atom is -0.494 e. The predicted molar refractivity (Wildman–Crippen MR) is 105 cm³/mol. The highest BCUT2D eigenvalue weighted by molar-refractivity contribution is 7.16. The molecule has 1 atom stereocenters. The fourth-order valence-corrected chi connectivity index (χ4v) is 4.65. The summed E-state index contributed by atoms with van der Waals surface area (Å²) >= 11 is 1.57. The van der Waals surface area contributed by atoms with E-state index in [0.29, 0.717) is 30.9 Å². The number of fused-ring (bicyclic) bond motifs is 1. The van der Waals surface area contributed by atoms with E-state index in [2.05, 4.69) is 18.3 Å². The Morgan fingerprint density at radius 3 is 3.08 bits per heavy atom. The van der Waals surface area contributed by atoms with Gasteiger partial charge in [-0.15, -0.1) is 11.3 Å². The van der Waals surface area contributed by atoms with Crippen molar-refractivity contribution in [3.05, 3.63) is 45.8 Å². The van der Waals surface area contributed by atoms with E-state index in [1.807, 2.05) is 31.2 Å². The molecule has 0 saturated heterocycles. The van der Waals surface area contributed by atoms with E-state index >= 15 is 0 Å². The molecule has 2 aromatic rings. The first kappa shape index (κ1) is 18.5. The fraction of sp³-hybridized carbons (Fsp3) is 0.429. The number of aryl methyl sites for hydroxylation is 1. The number of hydrogen-bond donors (Lipinski definition) is 1. The van der Waals surface area contributed by atoms with Gasteiger partial charge in [-0.2, -0.15) is 5.26 Å². The van der Waals surface area contributed by atoms with Crippen LogP contribution in [0.2, 0.25) is 0 Å². The standard InChI is InChI=1S/C21H24N2O2S/c1-14-5-3-6-16(11-14)25-10-4-7-20(24)23-21-18(13-22)17-9-8-15(2)12-19(17)26-21/h3,5-6,11,15H,4,7-10,12H2,1-2H3,(H,23,24)/t15-/m1/s1. The van der Waals surface area contributed by atoms with Crippen molar-refractivity contribution in [2.24, 2.45) is 5.92 Å². The van der Waals surface area contributed by atoms with E-state index in [1.54, 1.807) is 11.3 Å². The molecule has 3 rings (SSSR count). The minimum atomic E-state index is -0.0546. The first-order valence-corrected chi connectivity index (χ1v) is 9.92. The molecule has 1 heterocycles. The van der Waals surface area contributed by atoms with Crippen molar-refractivity contribution in [3.8, 4) is 11.8 Å². The smallest absolute Gasteiger partial charge is 0.225 e. The second-order valence-electron chi connectivity index (χ2n) is 6.98. The molecule has 0 bridgehead atoms. The molecule has 1 aliphatic carbocycles. The van der Waals surface area contributed by atoms with Gasteiger partial charge < -0.3 is 10.1 Å². The number of nitrogens with zero attached hydrogens (tertiary/aromatic N) is 1. The van der Waals surface area contributed by atoms with Crippen molar-refractivity contribution in [3.63, 3.8) is 0 Å². The Morgan fingerprint density at radius 2 is 2.31 bits per heavy atom. The summed E-state index contributed by atoms with van der Waals surface area (Å²) in [5.41, 5.74) is 2.97. The molecule has 0 aliphatic heterocycles. The third-order valence-electron chi connectivity index (χ3n) is 4.68. The van der Waals surface area contributed by atoms with Gasteiger partial charge in [0, 0.05) is 11.3 Å². The van der Waals surface area contributed by atoms with Gasteiger partial charge >= 0.3 is 0 Å². The molecule has 0 spiro atoms.